The van der Waals surface area contributed by atoms with Gasteiger partial charge in [-0.1, -0.05) is 63.2 Å². The molecule has 2 aromatic rings. The van der Waals surface area contributed by atoms with E-state index in [9.17, 15) is 22.8 Å². The van der Waals surface area contributed by atoms with E-state index in [2.05, 4.69) is 20.7 Å². The fraction of sp³-hybridized carbons (Fsp3) is 0.391. The van der Waals surface area contributed by atoms with Gasteiger partial charge in [0.1, 0.15) is 11.9 Å². The fourth-order valence-electron chi connectivity index (χ4n) is 3.61. The van der Waals surface area contributed by atoms with Gasteiger partial charge in [-0.15, -0.1) is 13.2 Å². The molecule has 3 rings (SSSR count). The van der Waals surface area contributed by atoms with Gasteiger partial charge in [-0.3, -0.25) is 14.9 Å². The Hall–Kier alpha value is -3.07. The number of nitrogens with one attached hydrogen (secondary N) is 3. The number of rotatable bonds is 5. The van der Waals surface area contributed by atoms with E-state index in [0.717, 1.165) is 5.56 Å². The SMILES string of the molecule is CC(C)(C)[C@@H](NC(=O)C1CC(=O)NC(c2ccccc2)N1)c1ccc(OC(F)(F)F)cc1. The normalized spacial score (nSPS) is 20.2. The van der Waals surface area contributed by atoms with E-state index < -0.39 is 30.0 Å². The molecule has 1 aliphatic heterocycles. The van der Waals surface area contributed by atoms with Crippen molar-refractivity contribution in [2.75, 3.05) is 0 Å². The first-order valence-corrected chi connectivity index (χ1v) is 10.2. The third-order valence-electron chi connectivity index (χ3n) is 5.11. The molecule has 1 fully saturated rings. The molecule has 0 radical (unpaired) electrons. The summed E-state index contributed by atoms with van der Waals surface area (Å²) in [5, 5.41) is 8.93. The Balaban J connectivity index is 1.75. The number of alkyl halides is 3. The molecule has 2 aromatic carbocycles. The maximum Gasteiger partial charge on any atom is 0.573 e. The van der Waals surface area contributed by atoms with Crippen molar-refractivity contribution in [3.8, 4) is 5.75 Å². The summed E-state index contributed by atoms with van der Waals surface area (Å²) in [5.74, 6) is -0.952. The van der Waals surface area contributed by atoms with Crippen molar-refractivity contribution < 1.29 is 27.5 Å². The van der Waals surface area contributed by atoms with E-state index in [0.29, 0.717) is 5.56 Å². The summed E-state index contributed by atoms with van der Waals surface area (Å²) in [5.41, 5.74) is 1.00. The van der Waals surface area contributed by atoms with Gasteiger partial charge in [0, 0.05) is 0 Å². The maximum atomic E-state index is 13.1. The van der Waals surface area contributed by atoms with Crippen molar-refractivity contribution in [1.82, 2.24) is 16.0 Å². The van der Waals surface area contributed by atoms with Gasteiger partial charge in [0.25, 0.3) is 0 Å². The summed E-state index contributed by atoms with van der Waals surface area (Å²) >= 11 is 0. The van der Waals surface area contributed by atoms with Gasteiger partial charge in [-0.2, -0.15) is 0 Å². The maximum absolute atomic E-state index is 13.1. The quantitative estimate of drug-likeness (QED) is 0.646. The van der Waals surface area contributed by atoms with Gasteiger partial charge in [-0.05, 0) is 28.7 Å². The first kappa shape index (κ1) is 23.6. The van der Waals surface area contributed by atoms with Crippen LogP contribution in [-0.2, 0) is 9.59 Å². The summed E-state index contributed by atoms with van der Waals surface area (Å²) < 4.78 is 41.2. The van der Waals surface area contributed by atoms with Crippen LogP contribution in [0.2, 0.25) is 0 Å². The topological polar surface area (TPSA) is 79.5 Å². The number of halogens is 3. The second kappa shape index (κ2) is 9.20. The molecule has 1 heterocycles. The number of ether oxygens (including phenoxy) is 1. The van der Waals surface area contributed by atoms with E-state index >= 15 is 0 Å². The minimum atomic E-state index is -4.78. The van der Waals surface area contributed by atoms with Crippen LogP contribution in [0.1, 0.15) is 50.5 Å². The minimum absolute atomic E-state index is 0.0234. The molecule has 1 saturated heterocycles. The van der Waals surface area contributed by atoms with Crippen molar-refractivity contribution >= 4 is 11.8 Å². The van der Waals surface area contributed by atoms with Gasteiger partial charge < -0.3 is 15.4 Å². The lowest BCUT2D eigenvalue weighted by atomic mass is 9.82. The smallest absolute Gasteiger partial charge is 0.406 e. The highest BCUT2D eigenvalue weighted by Gasteiger charge is 2.35. The lowest BCUT2D eigenvalue weighted by Crippen LogP contribution is -2.57. The van der Waals surface area contributed by atoms with E-state index in [-0.39, 0.29) is 24.0 Å². The number of hydrogen-bond donors (Lipinski definition) is 3. The molecule has 9 heteroatoms. The Morgan fingerprint density at radius 1 is 1.06 bits per heavy atom. The van der Waals surface area contributed by atoms with Crippen LogP contribution in [0.4, 0.5) is 13.2 Å². The molecule has 0 spiro atoms. The Kier molecular flexibility index (Phi) is 6.78. The number of amides is 2. The highest BCUT2D eigenvalue weighted by atomic mass is 19.4. The van der Waals surface area contributed by atoms with E-state index in [1.165, 1.54) is 24.3 Å². The zero-order valence-corrected chi connectivity index (χ0v) is 18.0. The van der Waals surface area contributed by atoms with Gasteiger partial charge in [0.15, 0.2) is 0 Å². The average Bonchev–Trinajstić information content (AvgIpc) is 2.71. The lowest BCUT2D eigenvalue weighted by Gasteiger charge is -2.36. The Morgan fingerprint density at radius 2 is 1.69 bits per heavy atom. The van der Waals surface area contributed by atoms with Crippen LogP contribution < -0.4 is 20.7 Å². The van der Waals surface area contributed by atoms with Crippen LogP contribution in [0.15, 0.2) is 54.6 Å². The van der Waals surface area contributed by atoms with Crippen molar-refractivity contribution in [2.45, 2.75) is 51.8 Å². The number of benzene rings is 2. The highest BCUT2D eigenvalue weighted by molar-refractivity contribution is 5.90. The van der Waals surface area contributed by atoms with E-state index in [1.54, 1.807) is 0 Å². The van der Waals surface area contributed by atoms with E-state index in [4.69, 9.17) is 0 Å². The molecule has 2 amide bonds. The predicted molar refractivity (Wildman–Crippen MR) is 112 cm³/mol. The number of hydrogen-bond acceptors (Lipinski definition) is 4. The van der Waals surface area contributed by atoms with Crippen LogP contribution in [0.5, 0.6) is 5.75 Å². The van der Waals surface area contributed by atoms with Crippen LogP contribution in [-0.4, -0.2) is 24.2 Å². The summed E-state index contributed by atoms with van der Waals surface area (Å²) in [7, 11) is 0. The molecular formula is C23H26F3N3O3. The lowest BCUT2D eigenvalue weighted by molar-refractivity contribution is -0.274. The Bertz CT molecular complexity index is 941. The third-order valence-corrected chi connectivity index (χ3v) is 5.11. The minimum Gasteiger partial charge on any atom is -0.406 e. The van der Waals surface area contributed by atoms with Gasteiger partial charge in [-0.25, -0.2) is 0 Å². The third kappa shape index (κ3) is 6.23. The van der Waals surface area contributed by atoms with Crippen molar-refractivity contribution in [2.24, 2.45) is 5.41 Å². The number of carbonyl (C=O) groups excluding carboxylic acids is 2. The fourth-order valence-corrected chi connectivity index (χ4v) is 3.61. The molecule has 1 aliphatic rings. The first-order valence-electron chi connectivity index (χ1n) is 10.2. The van der Waals surface area contributed by atoms with Gasteiger partial charge >= 0.3 is 6.36 Å². The molecule has 0 aliphatic carbocycles. The van der Waals surface area contributed by atoms with Gasteiger partial charge in [0.2, 0.25) is 11.8 Å². The first-order chi connectivity index (χ1) is 14.9. The molecule has 0 saturated carbocycles. The molecule has 172 valence electrons. The van der Waals surface area contributed by atoms with E-state index in [1.807, 2.05) is 51.1 Å². The van der Waals surface area contributed by atoms with Gasteiger partial charge in [0.05, 0.1) is 18.5 Å². The molecule has 2 unspecified atom stereocenters. The predicted octanol–water partition coefficient (Wildman–Crippen LogP) is 3.97. The Labute approximate surface area is 184 Å². The van der Waals surface area contributed by atoms with Crippen LogP contribution in [0.25, 0.3) is 0 Å². The van der Waals surface area contributed by atoms with Crippen molar-refractivity contribution in [3.63, 3.8) is 0 Å². The highest BCUT2D eigenvalue weighted by Crippen LogP contribution is 2.34. The summed E-state index contributed by atoms with van der Waals surface area (Å²) in [6.45, 7) is 5.73. The summed E-state index contributed by atoms with van der Waals surface area (Å²) in [4.78, 5) is 25.3. The average molecular weight is 449 g/mol. The zero-order valence-electron chi connectivity index (χ0n) is 18.0. The van der Waals surface area contributed by atoms with Crippen molar-refractivity contribution in [1.29, 1.82) is 0 Å². The monoisotopic (exact) mass is 449 g/mol. The van der Waals surface area contributed by atoms with Crippen LogP contribution >= 0.6 is 0 Å². The number of carbonyl (C=O) groups is 2. The second-order valence-electron chi connectivity index (χ2n) is 8.76. The summed E-state index contributed by atoms with van der Waals surface area (Å²) in [6.07, 6.45) is -5.30. The van der Waals surface area contributed by atoms with Crippen LogP contribution in [0.3, 0.4) is 0 Å². The largest absolute Gasteiger partial charge is 0.573 e. The second-order valence-corrected chi connectivity index (χ2v) is 8.76. The Morgan fingerprint density at radius 3 is 2.25 bits per heavy atom. The molecular weight excluding hydrogens is 423 g/mol. The molecule has 0 aromatic heterocycles. The molecule has 6 nitrogen and oxygen atoms in total. The molecule has 3 atom stereocenters. The van der Waals surface area contributed by atoms with Crippen molar-refractivity contribution in [3.05, 3.63) is 65.7 Å². The molecule has 3 N–H and O–H groups in total. The van der Waals surface area contributed by atoms with Crippen LogP contribution in [0, 0.1) is 5.41 Å². The standard InChI is InChI=1S/C23H26F3N3O3/c1-22(2,3)19(14-9-11-16(12-10-14)32-23(24,25)26)29-21(31)17-13-18(30)28-20(27-17)15-7-5-4-6-8-15/h4-12,17,19-20,27H,13H2,1-3H3,(H,28,30)(H,29,31)/t17?,19-,20?/m0/s1. The molecule has 32 heavy (non-hydrogen) atoms. The molecule has 0 bridgehead atoms. The summed E-state index contributed by atoms with van der Waals surface area (Å²) in [6, 6.07) is 13.4. The zero-order chi connectivity index (χ0) is 23.5.